The summed E-state index contributed by atoms with van der Waals surface area (Å²) in [5, 5.41) is 10.6. The summed E-state index contributed by atoms with van der Waals surface area (Å²) in [5.41, 5.74) is 0.838. The quantitative estimate of drug-likeness (QED) is 0.406. The van der Waals surface area contributed by atoms with Crippen molar-refractivity contribution in [3.8, 4) is 18.1 Å². The number of carbonyl (C=O) groups is 2. The Hall–Kier alpha value is -3.44. The molecule has 7 nitrogen and oxygen atoms in total. The molecule has 0 bridgehead atoms. The summed E-state index contributed by atoms with van der Waals surface area (Å²) in [6.07, 6.45) is 12.5. The minimum atomic E-state index is -0.791. The molecule has 1 unspecified atom stereocenters. The average Bonchev–Trinajstić information content (AvgIpc) is 2.83. The maximum atomic E-state index is 13.1. The summed E-state index contributed by atoms with van der Waals surface area (Å²) in [5.74, 6) is 2.32. The van der Waals surface area contributed by atoms with Gasteiger partial charge in [0.25, 0.3) is 11.7 Å². The Morgan fingerprint density at radius 3 is 2.49 bits per heavy atom. The number of hydrogen-bond acceptors (Lipinski definition) is 5. The molecule has 0 saturated carbocycles. The van der Waals surface area contributed by atoms with Gasteiger partial charge in [-0.2, -0.15) is 4.90 Å². The minimum Gasteiger partial charge on any atom is -0.497 e. The van der Waals surface area contributed by atoms with Crippen LogP contribution in [0.3, 0.4) is 0 Å². The smallest absolute Gasteiger partial charge is 0.417 e. The summed E-state index contributed by atoms with van der Waals surface area (Å²) >= 11 is 1.43. The fourth-order valence-corrected chi connectivity index (χ4v) is 4.19. The number of ether oxygens (including phenoxy) is 1. The first-order chi connectivity index (χ1) is 16.5. The van der Waals surface area contributed by atoms with Gasteiger partial charge < -0.3 is 10.1 Å². The summed E-state index contributed by atoms with van der Waals surface area (Å²) < 4.78 is 5.23. The van der Waals surface area contributed by atoms with E-state index in [9.17, 15) is 9.59 Å². The van der Waals surface area contributed by atoms with Crippen LogP contribution in [0, 0.1) is 23.7 Å². The number of nitrogens with one attached hydrogen (secondary N) is 1. The number of urea groups is 1. The molecule has 35 heavy (non-hydrogen) atoms. The number of rotatable bonds is 9. The van der Waals surface area contributed by atoms with Crippen LogP contribution in [-0.2, 0) is 11.3 Å². The third kappa shape index (κ3) is 7.79. The van der Waals surface area contributed by atoms with Crippen molar-refractivity contribution in [1.82, 2.24) is 15.1 Å². The van der Waals surface area contributed by atoms with Crippen LogP contribution in [0.4, 0.5) is 4.79 Å². The molecule has 3 amide bonds. The van der Waals surface area contributed by atoms with E-state index in [4.69, 9.17) is 16.6 Å². The lowest BCUT2D eigenvalue weighted by Gasteiger charge is -2.33. The highest BCUT2D eigenvalue weighted by molar-refractivity contribution is 8.06. The third-order valence-corrected chi connectivity index (χ3v) is 6.29. The van der Waals surface area contributed by atoms with Gasteiger partial charge in [-0.3, -0.25) is 10.2 Å². The van der Waals surface area contributed by atoms with Crippen molar-refractivity contribution in [3.63, 3.8) is 0 Å². The maximum absolute atomic E-state index is 13.1. The van der Waals surface area contributed by atoms with E-state index in [1.165, 1.54) is 23.7 Å². The number of nitrogens with two attached hydrogens (primary N) is 1. The molecular formula is C27H35N4O3S+. The van der Waals surface area contributed by atoms with E-state index in [0.717, 1.165) is 26.1 Å². The number of allylic oxidation sites excluding steroid dienone is 3. The molecule has 0 radical (unpaired) electrons. The van der Waals surface area contributed by atoms with Crippen LogP contribution in [-0.4, -0.2) is 48.3 Å². The lowest BCUT2D eigenvalue weighted by molar-refractivity contribution is -0.146. The summed E-state index contributed by atoms with van der Waals surface area (Å²) in [7, 11) is 3.11. The Labute approximate surface area is 212 Å². The van der Waals surface area contributed by atoms with Crippen LogP contribution in [0.5, 0.6) is 5.75 Å². The first kappa shape index (κ1) is 27.8. The first-order valence-electron chi connectivity index (χ1n) is 11.3. The molecule has 3 N–H and O–H groups in total. The Balaban J connectivity index is 2.39. The van der Waals surface area contributed by atoms with Crippen LogP contribution in [0.2, 0.25) is 0 Å². The van der Waals surface area contributed by atoms with E-state index < -0.39 is 11.9 Å². The average molecular weight is 496 g/mol. The Morgan fingerprint density at radius 2 is 1.94 bits per heavy atom. The van der Waals surface area contributed by atoms with E-state index in [-0.39, 0.29) is 17.2 Å². The first-order valence-corrected chi connectivity index (χ1v) is 12.1. The van der Waals surface area contributed by atoms with Gasteiger partial charge in [0, 0.05) is 18.5 Å². The molecule has 0 aliphatic carbocycles. The van der Waals surface area contributed by atoms with Gasteiger partial charge in [0.1, 0.15) is 12.3 Å². The van der Waals surface area contributed by atoms with Crippen molar-refractivity contribution in [2.45, 2.75) is 34.2 Å². The molecule has 1 aliphatic rings. The van der Waals surface area contributed by atoms with Crippen LogP contribution < -0.4 is 15.5 Å². The number of terminal acetylenes is 1. The minimum absolute atomic E-state index is 0.196. The molecule has 186 valence electrons. The second kappa shape index (κ2) is 12.3. The lowest BCUT2D eigenvalue weighted by Crippen LogP contribution is -2.67. The van der Waals surface area contributed by atoms with Crippen molar-refractivity contribution in [1.29, 1.82) is 0 Å². The number of hydrogen-bond donors (Lipinski definition) is 2. The van der Waals surface area contributed by atoms with Crippen molar-refractivity contribution >= 4 is 29.5 Å². The van der Waals surface area contributed by atoms with Gasteiger partial charge in [-0.25, -0.2) is 9.69 Å². The van der Waals surface area contributed by atoms with Gasteiger partial charge in [-0.05, 0) is 48.3 Å². The van der Waals surface area contributed by atoms with Gasteiger partial charge in [0.05, 0.1) is 12.1 Å². The number of amides is 3. The molecule has 1 aromatic carbocycles. The lowest BCUT2D eigenvalue weighted by atomic mass is 9.94. The van der Waals surface area contributed by atoms with Crippen LogP contribution in [0.1, 0.15) is 33.3 Å². The number of thioether (sulfide) groups is 1. The van der Waals surface area contributed by atoms with Gasteiger partial charge in [0.2, 0.25) is 0 Å². The van der Waals surface area contributed by atoms with Crippen molar-refractivity contribution < 1.29 is 19.7 Å². The standard InChI is InChI=1S/C27H34N4O3S/c1-8-10-11-21(9-2)35-23(29-17-19-12-14-20(34-7)15-13-19)16-22-24(28)31(18-27(3,4)5)26(33)30(6)25(22)32/h1,9-16,22,28-29H,17-18H2,2-7H3/p+1/b11-10-,21-9+,23-16-,28-24?. The normalized spacial score (nSPS) is 17.7. The third-order valence-electron chi connectivity index (χ3n) is 5.18. The number of methoxy groups -OCH3 is 1. The number of nitrogens with zero attached hydrogens (tertiary/aromatic N) is 2. The molecule has 0 aromatic heterocycles. The van der Waals surface area contributed by atoms with Crippen molar-refractivity contribution in [2.24, 2.45) is 11.3 Å². The Bertz CT molecular complexity index is 1080. The SMILES string of the molecule is C#C/C=C\C(=C/C)S/C(=C\C1C(=[NH2+])N(CC(C)(C)C)C(=O)N(C)C1=O)NCc1ccc(OC)cc1. The van der Waals surface area contributed by atoms with E-state index >= 15 is 0 Å². The predicted octanol–water partition coefficient (Wildman–Crippen LogP) is 3.17. The van der Waals surface area contributed by atoms with Crippen molar-refractivity contribution in [2.75, 3.05) is 20.7 Å². The fourth-order valence-electron chi connectivity index (χ4n) is 3.34. The maximum Gasteiger partial charge on any atom is 0.417 e. The molecule has 1 heterocycles. The zero-order chi connectivity index (χ0) is 26.2. The van der Waals surface area contributed by atoms with E-state index in [1.807, 2.05) is 64.1 Å². The number of amidine groups is 1. The number of carbonyl (C=O) groups excluding carboxylic acids is 2. The zero-order valence-corrected chi connectivity index (χ0v) is 22.1. The Kier molecular flexibility index (Phi) is 9.78. The highest BCUT2D eigenvalue weighted by Gasteiger charge is 2.48. The highest BCUT2D eigenvalue weighted by atomic mass is 32.2. The van der Waals surface area contributed by atoms with Crippen LogP contribution in [0.15, 0.2) is 58.5 Å². The molecule has 1 fully saturated rings. The summed E-state index contributed by atoms with van der Waals surface area (Å²) in [6.45, 7) is 8.87. The van der Waals surface area contributed by atoms with Crippen molar-refractivity contribution in [3.05, 3.63) is 64.1 Å². The van der Waals surface area contributed by atoms with E-state index in [2.05, 4.69) is 11.2 Å². The largest absolute Gasteiger partial charge is 0.497 e. The second-order valence-electron chi connectivity index (χ2n) is 9.25. The predicted molar refractivity (Wildman–Crippen MR) is 142 cm³/mol. The number of imide groups is 1. The summed E-state index contributed by atoms with van der Waals surface area (Å²) in [4.78, 5) is 29.4. The molecule has 0 spiro atoms. The molecule has 2 rings (SSSR count). The Morgan fingerprint density at radius 1 is 1.29 bits per heavy atom. The molecule has 8 heteroatoms. The van der Waals surface area contributed by atoms with Gasteiger partial charge in [-0.1, -0.05) is 56.7 Å². The summed E-state index contributed by atoms with van der Waals surface area (Å²) in [6, 6.07) is 7.29. The second-order valence-corrected chi connectivity index (χ2v) is 10.4. The molecule has 1 atom stereocenters. The van der Waals surface area contributed by atoms with Crippen LogP contribution in [0.25, 0.3) is 0 Å². The van der Waals surface area contributed by atoms with Gasteiger partial charge in [-0.15, -0.1) is 6.42 Å². The fraction of sp³-hybridized carbons (Fsp3) is 0.370. The van der Waals surface area contributed by atoms with Gasteiger partial charge >= 0.3 is 6.03 Å². The van der Waals surface area contributed by atoms with E-state index in [1.54, 1.807) is 19.3 Å². The van der Waals surface area contributed by atoms with E-state index in [0.29, 0.717) is 13.1 Å². The highest BCUT2D eigenvalue weighted by Crippen LogP contribution is 2.29. The number of benzene rings is 1. The monoisotopic (exact) mass is 495 g/mol. The molecule has 1 saturated heterocycles. The topological polar surface area (TPSA) is 87.5 Å². The van der Waals surface area contributed by atoms with Crippen LogP contribution >= 0.6 is 11.8 Å². The van der Waals surface area contributed by atoms with Gasteiger partial charge in [0.15, 0.2) is 5.92 Å². The molecule has 1 aliphatic heterocycles. The molecular weight excluding hydrogens is 460 g/mol. The molecule has 1 aromatic rings. The zero-order valence-electron chi connectivity index (χ0n) is 21.3.